The summed E-state index contributed by atoms with van der Waals surface area (Å²) in [6, 6.07) is 79.7. The average Bonchev–Trinajstić information content (AvgIpc) is 3.62. The Bertz CT molecular complexity index is 3370. The van der Waals surface area contributed by atoms with Gasteiger partial charge in [0.2, 0.25) is 0 Å². The number of para-hydroxylation sites is 1. The molecule has 0 saturated heterocycles. The largest absolute Gasteiger partial charge is 0.372 e. The molecule has 2 aliphatic rings. The Hall–Kier alpha value is -7.94. The van der Waals surface area contributed by atoms with Crippen LogP contribution in [0, 0.1) is 0 Å². The second kappa shape index (κ2) is 14.7. The van der Waals surface area contributed by atoms with E-state index < -0.39 is 5.54 Å². The minimum atomic E-state index is -0.486. The molecular weight excluding hydrogens is 749 g/mol. The second-order valence-corrected chi connectivity index (χ2v) is 16.6. The average molecular weight is 791 g/mol. The highest BCUT2D eigenvalue weighted by Crippen LogP contribution is 2.49. The standard InChI is InChI=1S/C60H42N2/c1-4-16-41(17-5-1)43-29-31-44(32-30-43)45-20-14-24-50(36-45)61-60(49-22-8-3-9-23-49)35-15-21-47(40-60)48-38-55-52-26-11-10-25-51(52)54-37-46(42-18-6-2-7-19-42)33-34-58(54)62-57-28-13-12-27-53(57)56(39-48)59(55)62/h1-34,36-40,61H,35H2. The summed E-state index contributed by atoms with van der Waals surface area (Å²) in [4.78, 5) is 0. The number of nitrogens with zero attached hydrogens (tertiary/aromatic N) is 1. The zero-order valence-electron chi connectivity index (χ0n) is 34.2. The van der Waals surface area contributed by atoms with Crippen molar-refractivity contribution in [3.05, 3.63) is 248 Å². The van der Waals surface area contributed by atoms with Gasteiger partial charge in [0, 0.05) is 27.6 Å². The summed E-state index contributed by atoms with van der Waals surface area (Å²) >= 11 is 0. The van der Waals surface area contributed by atoms with Crippen LogP contribution in [0.2, 0.25) is 0 Å². The van der Waals surface area contributed by atoms with Crippen LogP contribution < -0.4 is 5.32 Å². The molecule has 62 heavy (non-hydrogen) atoms. The summed E-state index contributed by atoms with van der Waals surface area (Å²) in [5, 5.41) is 6.60. The Kier molecular flexibility index (Phi) is 8.50. The van der Waals surface area contributed by atoms with Gasteiger partial charge in [0.1, 0.15) is 0 Å². The van der Waals surface area contributed by atoms with Crippen LogP contribution in [0.3, 0.4) is 0 Å². The smallest absolute Gasteiger partial charge is 0.0853 e. The molecule has 1 aliphatic heterocycles. The summed E-state index contributed by atoms with van der Waals surface area (Å²) in [6.45, 7) is 0. The number of allylic oxidation sites excluding steroid dienone is 2. The van der Waals surface area contributed by atoms with Gasteiger partial charge in [0.05, 0.1) is 22.3 Å². The van der Waals surface area contributed by atoms with E-state index in [9.17, 15) is 0 Å². The van der Waals surface area contributed by atoms with Crippen molar-refractivity contribution in [2.24, 2.45) is 0 Å². The molecule has 292 valence electrons. The van der Waals surface area contributed by atoms with Crippen LogP contribution in [0.15, 0.2) is 237 Å². The molecule has 1 aromatic heterocycles. The maximum absolute atomic E-state index is 4.09. The molecule has 9 aromatic carbocycles. The normalized spacial score (nSPS) is 15.1. The first-order chi connectivity index (χ1) is 30.7. The lowest BCUT2D eigenvalue weighted by Crippen LogP contribution is -2.34. The molecule has 1 atom stereocenters. The minimum Gasteiger partial charge on any atom is -0.372 e. The van der Waals surface area contributed by atoms with Crippen LogP contribution in [-0.4, -0.2) is 4.57 Å². The highest BCUT2D eigenvalue weighted by molar-refractivity contribution is 6.17. The van der Waals surface area contributed by atoms with Crippen LogP contribution in [0.5, 0.6) is 0 Å². The Morgan fingerprint density at radius 1 is 0.403 bits per heavy atom. The van der Waals surface area contributed by atoms with Crippen molar-refractivity contribution in [3.8, 4) is 61.3 Å². The van der Waals surface area contributed by atoms with Gasteiger partial charge >= 0.3 is 0 Å². The van der Waals surface area contributed by atoms with Gasteiger partial charge < -0.3 is 9.88 Å². The molecule has 10 aromatic rings. The van der Waals surface area contributed by atoms with E-state index in [-0.39, 0.29) is 0 Å². The molecule has 0 bridgehead atoms. The molecule has 0 fully saturated rings. The van der Waals surface area contributed by atoms with Gasteiger partial charge in [-0.05, 0) is 116 Å². The van der Waals surface area contributed by atoms with Crippen LogP contribution in [-0.2, 0) is 5.54 Å². The van der Waals surface area contributed by atoms with Crippen molar-refractivity contribution in [1.29, 1.82) is 0 Å². The fourth-order valence-electron chi connectivity index (χ4n) is 9.97. The van der Waals surface area contributed by atoms with E-state index in [1.54, 1.807) is 0 Å². The molecule has 0 spiro atoms. The number of hydrogen-bond donors (Lipinski definition) is 1. The summed E-state index contributed by atoms with van der Waals surface area (Å²) in [5.74, 6) is 0. The summed E-state index contributed by atoms with van der Waals surface area (Å²) < 4.78 is 2.51. The molecule has 12 rings (SSSR count). The van der Waals surface area contributed by atoms with E-state index in [2.05, 4.69) is 247 Å². The van der Waals surface area contributed by atoms with E-state index in [0.717, 1.165) is 12.1 Å². The zero-order chi connectivity index (χ0) is 41.0. The van der Waals surface area contributed by atoms with Gasteiger partial charge in [-0.1, -0.05) is 188 Å². The number of aromatic nitrogens is 1. The fourth-order valence-corrected chi connectivity index (χ4v) is 9.97. The quantitative estimate of drug-likeness (QED) is 0.170. The molecule has 2 heteroatoms. The SMILES string of the molecule is C1=CC(c2cc3c4c(c2)c2ccccc2n4-c2ccc(-c4ccccc4)cc2-c2ccccc2-3)=CC(Nc2cccc(-c3ccc(-c4ccccc4)cc3)c2)(c2ccccc2)C1. The number of rotatable bonds is 7. The third-order valence-electron chi connectivity index (χ3n) is 12.9. The highest BCUT2D eigenvalue weighted by atomic mass is 15.0. The van der Waals surface area contributed by atoms with E-state index in [4.69, 9.17) is 0 Å². The number of nitrogens with one attached hydrogen (secondary N) is 1. The molecule has 1 aliphatic carbocycles. The van der Waals surface area contributed by atoms with Gasteiger partial charge in [0.25, 0.3) is 0 Å². The molecule has 2 heterocycles. The number of fused-ring (bicyclic) bond motifs is 8. The van der Waals surface area contributed by atoms with Crippen molar-refractivity contribution in [2.75, 3.05) is 5.32 Å². The highest BCUT2D eigenvalue weighted by Gasteiger charge is 2.32. The predicted octanol–water partition coefficient (Wildman–Crippen LogP) is 15.8. The molecule has 2 nitrogen and oxygen atoms in total. The van der Waals surface area contributed by atoms with E-state index >= 15 is 0 Å². The minimum absolute atomic E-state index is 0.486. The summed E-state index contributed by atoms with van der Waals surface area (Å²) in [6.07, 6.45) is 7.96. The number of benzene rings is 9. The Balaban J connectivity index is 1.00. The second-order valence-electron chi connectivity index (χ2n) is 16.6. The molecule has 1 unspecified atom stereocenters. The Morgan fingerprint density at radius 3 is 1.73 bits per heavy atom. The topological polar surface area (TPSA) is 17.0 Å². The van der Waals surface area contributed by atoms with E-state index in [1.807, 2.05) is 0 Å². The van der Waals surface area contributed by atoms with Crippen LogP contribution >= 0.6 is 0 Å². The fraction of sp³-hybridized carbons (Fsp3) is 0.0333. The molecule has 0 saturated carbocycles. The van der Waals surface area contributed by atoms with Crippen molar-refractivity contribution in [3.63, 3.8) is 0 Å². The van der Waals surface area contributed by atoms with Gasteiger partial charge in [-0.15, -0.1) is 0 Å². The lowest BCUT2D eigenvalue weighted by atomic mass is 9.79. The zero-order valence-corrected chi connectivity index (χ0v) is 34.2. The van der Waals surface area contributed by atoms with Crippen LogP contribution in [0.4, 0.5) is 5.69 Å². The van der Waals surface area contributed by atoms with E-state index in [1.165, 1.54) is 99.8 Å². The lowest BCUT2D eigenvalue weighted by Gasteiger charge is -2.36. The lowest BCUT2D eigenvalue weighted by molar-refractivity contribution is 0.620. The third-order valence-corrected chi connectivity index (χ3v) is 12.9. The first-order valence-electron chi connectivity index (χ1n) is 21.6. The summed E-state index contributed by atoms with van der Waals surface area (Å²) in [7, 11) is 0. The van der Waals surface area contributed by atoms with Crippen molar-refractivity contribution < 1.29 is 0 Å². The number of hydrogen-bond acceptors (Lipinski definition) is 1. The van der Waals surface area contributed by atoms with Crippen molar-refractivity contribution >= 4 is 33.1 Å². The molecule has 0 radical (unpaired) electrons. The summed E-state index contributed by atoms with van der Waals surface area (Å²) in [5.41, 5.74) is 20.1. The predicted molar refractivity (Wildman–Crippen MR) is 261 cm³/mol. The molecule has 1 N–H and O–H groups in total. The van der Waals surface area contributed by atoms with Crippen molar-refractivity contribution in [2.45, 2.75) is 12.0 Å². The van der Waals surface area contributed by atoms with E-state index in [0.29, 0.717) is 0 Å². The molecule has 0 amide bonds. The van der Waals surface area contributed by atoms with Crippen LogP contribution in [0.1, 0.15) is 17.5 Å². The molecular formula is C60H42N2. The monoisotopic (exact) mass is 790 g/mol. The Morgan fingerprint density at radius 2 is 0.968 bits per heavy atom. The van der Waals surface area contributed by atoms with Gasteiger partial charge in [0.15, 0.2) is 0 Å². The number of anilines is 1. The van der Waals surface area contributed by atoms with Gasteiger partial charge in [-0.3, -0.25) is 0 Å². The maximum Gasteiger partial charge on any atom is 0.0853 e. The van der Waals surface area contributed by atoms with Gasteiger partial charge in [-0.2, -0.15) is 0 Å². The van der Waals surface area contributed by atoms with Gasteiger partial charge in [-0.25, -0.2) is 0 Å². The first-order valence-corrected chi connectivity index (χ1v) is 21.6. The van der Waals surface area contributed by atoms with Crippen molar-refractivity contribution in [1.82, 2.24) is 4.57 Å². The first kappa shape index (κ1) is 36.0. The van der Waals surface area contributed by atoms with Crippen LogP contribution in [0.25, 0.3) is 88.7 Å². The maximum atomic E-state index is 4.09. The Labute approximate surface area is 362 Å². The third kappa shape index (κ3) is 6.03.